The van der Waals surface area contributed by atoms with Crippen molar-refractivity contribution < 1.29 is 0 Å². The molecule has 0 spiro atoms. The van der Waals surface area contributed by atoms with Crippen LogP contribution in [0.3, 0.4) is 0 Å². The summed E-state index contributed by atoms with van der Waals surface area (Å²) in [7, 11) is 2.01. The molecule has 3 rings (SSSR count). The van der Waals surface area contributed by atoms with Crippen molar-refractivity contribution in [3.63, 3.8) is 0 Å². The second-order valence-electron chi connectivity index (χ2n) is 5.50. The molecule has 20 heavy (non-hydrogen) atoms. The SMILES string of the molecule is CNCc1ccccc1N1CCC(c2ccccc2)C1. The lowest BCUT2D eigenvalue weighted by atomic mass is 9.99. The van der Waals surface area contributed by atoms with Crippen molar-refractivity contribution in [3.8, 4) is 0 Å². The molecule has 2 heteroatoms. The summed E-state index contributed by atoms with van der Waals surface area (Å²) in [5, 5.41) is 3.26. The Hall–Kier alpha value is -1.80. The molecule has 1 heterocycles. The van der Waals surface area contributed by atoms with Crippen molar-refractivity contribution in [1.29, 1.82) is 0 Å². The summed E-state index contributed by atoms with van der Waals surface area (Å²) in [5.74, 6) is 0.666. The van der Waals surface area contributed by atoms with Crippen LogP contribution in [0.15, 0.2) is 54.6 Å². The van der Waals surface area contributed by atoms with Gasteiger partial charge in [-0.05, 0) is 30.7 Å². The Kier molecular flexibility index (Phi) is 4.03. The summed E-state index contributed by atoms with van der Waals surface area (Å²) in [6.07, 6.45) is 1.25. The molecule has 2 aromatic carbocycles. The maximum absolute atomic E-state index is 3.26. The molecule has 1 aliphatic heterocycles. The second kappa shape index (κ2) is 6.10. The third-order valence-electron chi connectivity index (χ3n) is 4.16. The summed E-state index contributed by atoms with van der Waals surface area (Å²) in [6, 6.07) is 19.6. The number of benzene rings is 2. The number of anilines is 1. The van der Waals surface area contributed by atoms with E-state index in [1.807, 2.05) is 7.05 Å². The smallest absolute Gasteiger partial charge is 0.0412 e. The molecular formula is C18H22N2. The average molecular weight is 266 g/mol. The zero-order valence-electron chi connectivity index (χ0n) is 12.0. The topological polar surface area (TPSA) is 15.3 Å². The van der Waals surface area contributed by atoms with E-state index in [0.717, 1.165) is 19.6 Å². The quantitative estimate of drug-likeness (QED) is 0.912. The van der Waals surface area contributed by atoms with E-state index in [2.05, 4.69) is 64.8 Å². The highest BCUT2D eigenvalue weighted by molar-refractivity contribution is 5.55. The fraction of sp³-hybridized carbons (Fsp3) is 0.333. The minimum atomic E-state index is 0.666. The second-order valence-corrected chi connectivity index (χ2v) is 5.50. The van der Waals surface area contributed by atoms with Crippen LogP contribution in [-0.2, 0) is 6.54 Å². The van der Waals surface area contributed by atoms with E-state index in [0.29, 0.717) is 5.92 Å². The summed E-state index contributed by atoms with van der Waals surface area (Å²) >= 11 is 0. The fourth-order valence-electron chi connectivity index (χ4n) is 3.14. The highest BCUT2D eigenvalue weighted by Gasteiger charge is 2.24. The summed E-state index contributed by atoms with van der Waals surface area (Å²) in [4.78, 5) is 2.53. The zero-order valence-corrected chi connectivity index (χ0v) is 12.0. The van der Waals surface area contributed by atoms with Crippen molar-refractivity contribution in [3.05, 3.63) is 65.7 Å². The molecule has 0 aliphatic carbocycles. The Morgan fingerprint density at radius 2 is 1.80 bits per heavy atom. The van der Waals surface area contributed by atoms with Crippen LogP contribution < -0.4 is 10.2 Å². The minimum Gasteiger partial charge on any atom is -0.371 e. The van der Waals surface area contributed by atoms with Crippen LogP contribution in [0.5, 0.6) is 0 Å². The molecular weight excluding hydrogens is 244 g/mol. The van der Waals surface area contributed by atoms with Crippen LogP contribution in [-0.4, -0.2) is 20.1 Å². The Morgan fingerprint density at radius 3 is 2.60 bits per heavy atom. The first-order valence-electron chi connectivity index (χ1n) is 7.41. The van der Waals surface area contributed by atoms with Gasteiger partial charge in [0, 0.05) is 31.2 Å². The van der Waals surface area contributed by atoms with Gasteiger partial charge in [0.15, 0.2) is 0 Å². The van der Waals surface area contributed by atoms with Gasteiger partial charge in [0.2, 0.25) is 0 Å². The van der Waals surface area contributed by atoms with Gasteiger partial charge in [-0.1, -0.05) is 48.5 Å². The maximum Gasteiger partial charge on any atom is 0.0412 e. The molecule has 2 nitrogen and oxygen atoms in total. The van der Waals surface area contributed by atoms with Gasteiger partial charge >= 0.3 is 0 Å². The predicted molar refractivity (Wildman–Crippen MR) is 85.2 cm³/mol. The summed E-state index contributed by atoms with van der Waals surface area (Å²) in [6.45, 7) is 3.22. The van der Waals surface area contributed by atoms with Gasteiger partial charge < -0.3 is 10.2 Å². The molecule has 2 aromatic rings. The minimum absolute atomic E-state index is 0.666. The maximum atomic E-state index is 3.26. The van der Waals surface area contributed by atoms with E-state index in [-0.39, 0.29) is 0 Å². The largest absolute Gasteiger partial charge is 0.371 e. The zero-order chi connectivity index (χ0) is 13.8. The van der Waals surface area contributed by atoms with Crippen molar-refractivity contribution in [1.82, 2.24) is 5.32 Å². The lowest BCUT2D eigenvalue weighted by Crippen LogP contribution is -2.21. The van der Waals surface area contributed by atoms with Crippen molar-refractivity contribution in [2.45, 2.75) is 18.9 Å². The Labute approximate surface area is 121 Å². The Balaban J connectivity index is 1.77. The lowest BCUT2D eigenvalue weighted by Gasteiger charge is -2.22. The molecule has 0 saturated carbocycles. The van der Waals surface area contributed by atoms with E-state index < -0.39 is 0 Å². The molecule has 0 bridgehead atoms. The number of nitrogens with zero attached hydrogens (tertiary/aromatic N) is 1. The van der Waals surface area contributed by atoms with Crippen LogP contribution in [0.25, 0.3) is 0 Å². The van der Waals surface area contributed by atoms with Gasteiger partial charge in [0.05, 0.1) is 0 Å². The van der Waals surface area contributed by atoms with Gasteiger partial charge in [-0.15, -0.1) is 0 Å². The van der Waals surface area contributed by atoms with Crippen LogP contribution >= 0.6 is 0 Å². The molecule has 0 radical (unpaired) electrons. The number of rotatable bonds is 4. The third-order valence-corrected chi connectivity index (χ3v) is 4.16. The normalized spacial score (nSPS) is 18.4. The lowest BCUT2D eigenvalue weighted by molar-refractivity contribution is 0.773. The van der Waals surface area contributed by atoms with E-state index in [4.69, 9.17) is 0 Å². The van der Waals surface area contributed by atoms with Crippen LogP contribution in [0, 0.1) is 0 Å². The molecule has 1 N–H and O–H groups in total. The standard InChI is InChI=1S/C18H22N2/c1-19-13-16-9-5-6-10-18(16)20-12-11-17(14-20)15-7-3-2-4-8-15/h2-10,17,19H,11-14H2,1H3. The van der Waals surface area contributed by atoms with Crippen LogP contribution in [0.4, 0.5) is 5.69 Å². The first kappa shape index (κ1) is 13.2. The highest BCUT2D eigenvalue weighted by atomic mass is 15.2. The third kappa shape index (κ3) is 2.70. The predicted octanol–water partition coefficient (Wildman–Crippen LogP) is 3.40. The highest BCUT2D eigenvalue weighted by Crippen LogP contribution is 2.32. The van der Waals surface area contributed by atoms with Gasteiger partial charge in [0.25, 0.3) is 0 Å². The van der Waals surface area contributed by atoms with Crippen molar-refractivity contribution >= 4 is 5.69 Å². The van der Waals surface area contributed by atoms with E-state index in [1.54, 1.807) is 0 Å². The van der Waals surface area contributed by atoms with Gasteiger partial charge in [-0.25, -0.2) is 0 Å². The fourth-order valence-corrected chi connectivity index (χ4v) is 3.14. The molecule has 1 fully saturated rings. The van der Waals surface area contributed by atoms with Crippen molar-refractivity contribution in [2.75, 3.05) is 25.0 Å². The molecule has 1 saturated heterocycles. The van der Waals surface area contributed by atoms with E-state index in [9.17, 15) is 0 Å². The van der Waals surface area contributed by atoms with Gasteiger partial charge in [-0.3, -0.25) is 0 Å². The molecule has 1 atom stereocenters. The number of para-hydroxylation sites is 1. The van der Waals surface area contributed by atoms with Crippen LogP contribution in [0.2, 0.25) is 0 Å². The summed E-state index contributed by atoms with van der Waals surface area (Å²) < 4.78 is 0. The number of hydrogen-bond acceptors (Lipinski definition) is 2. The molecule has 0 aromatic heterocycles. The molecule has 0 amide bonds. The monoisotopic (exact) mass is 266 g/mol. The molecule has 1 unspecified atom stereocenters. The van der Waals surface area contributed by atoms with Gasteiger partial charge in [0.1, 0.15) is 0 Å². The molecule has 1 aliphatic rings. The Morgan fingerprint density at radius 1 is 1.05 bits per heavy atom. The van der Waals surface area contributed by atoms with E-state index in [1.165, 1.54) is 23.2 Å². The van der Waals surface area contributed by atoms with Crippen LogP contribution in [0.1, 0.15) is 23.5 Å². The molecule has 104 valence electrons. The first-order chi connectivity index (χ1) is 9.88. The summed E-state index contributed by atoms with van der Waals surface area (Å²) in [5.41, 5.74) is 4.25. The number of nitrogens with one attached hydrogen (secondary N) is 1. The Bertz CT molecular complexity index is 550. The first-order valence-corrected chi connectivity index (χ1v) is 7.41. The van der Waals surface area contributed by atoms with Crippen molar-refractivity contribution in [2.24, 2.45) is 0 Å². The van der Waals surface area contributed by atoms with E-state index >= 15 is 0 Å². The average Bonchev–Trinajstić information content (AvgIpc) is 2.99. The van der Waals surface area contributed by atoms with Gasteiger partial charge in [-0.2, -0.15) is 0 Å². The number of hydrogen-bond donors (Lipinski definition) is 1.